The van der Waals surface area contributed by atoms with E-state index in [1.807, 2.05) is 36.1 Å². The van der Waals surface area contributed by atoms with Crippen LogP contribution in [0.1, 0.15) is 45.6 Å². The van der Waals surface area contributed by atoms with Crippen LogP contribution in [0, 0.1) is 18.8 Å². The van der Waals surface area contributed by atoms with E-state index in [0.29, 0.717) is 37.5 Å². The Balaban J connectivity index is 1.79. The molecule has 0 aromatic heterocycles. The molecule has 160 valence electrons. The molecule has 1 saturated heterocycles. The van der Waals surface area contributed by atoms with E-state index in [4.69, 9.17) is 0 Å². The first-order valence-corrected chi connectivity index (χ1v) is 10.5. The lowest BCUT2D eigenvalue weighted by Crippen LogP contribution is -2.68. The predicted octanol–water partition coefficient (Wildman–Crippen LogP) is 1.33. The molecule has 29 heavy (non-hydrogen) atoms. The van der Waals surface area contributed by atoms with Crippen LogP contribution in [0.3, 0.4) is 0 Å². The zero-order valence-electron chi connectivity index (χ0n) is 18.0. The van der Waals surface area contributed by atoms with E-state index >= 15 is 0 Å². The molecule has 0 unspecified atom stereocenters. The molecule has 1 aromatic carbocycles. The number of nitrogens with zero attached hydrogens (tertiary/aromatic N) is 1. The third-order valence-corrected chi connectivity index (χ3v) is 5.35. The fourth-order valence-electron chi connectivity index (χ4n) is 3.57. The lowest BCUT2D eigenvalue weighted by atomic mass is 9.94. The molecule has 3 amide bonds. The summed E-state index contributed by atoms with van der Waals surface area (Å²) in [4.78, 5) is 39.2. The van der Waals surface area contributed by atoms with Crippen molar-refractivity contribution in [2.45, 2.75) is 59.0 Å². The molecule has 0 aliphatic carbocycles. The van der Waals surface area contributed by atoms with Crippen LogP contribution in [0.15, 0.2) is 24.3 Å². The van der Waals surface area contributed by atoms with Gasteiger partial charge in [-0.3, -0.25) is 14.4 Å². The minimum Gasteiger partial charge on any atom is -0.347 e. The van der Waals surface area contributed by atoms with Crippen molar-refractivity contribution in [2.24, 2.45) is 11.8 Å². The van der Waals surface area contributed by atoms with Crippen LogP contribution < -0.4 is 16.4 Å². The molecule has 0 saturated carbocycles. The van der Waals surface area contributed by atoms with Crippen LogP contribution in [0.2, 0.25) is 0 Å². The largest absolute Gasteiger partial charge is 0.347 e. The quantitative estimate of drug-likeness (QED) is 0.639. The van der Waals surface area contributed by atoms with E-state index in [1.165, 1.54) is 0 Å². The number of carbonyl (C=O) groups is 3. The summed E-state index contributed by atoms with van der Waals surface area (Å²) in [5.74, 6) is -0.0526. The number of anilines is 1. The molecule has 7 nitrogen and oxygen atoms in total. The summed E-state index contributed by atoms with van der Waals surface area (Å²) in [6.45, 7) is 8.94. The molecular formula is C22H35N4O3+. The van der Waals surface area contributed by atoms with E-state index in [0.717, 1.165) is 12.0 Å². The van der Waals surface area contributed by atoms with Gasteiger partial charge in [0.2, 0.25) is 11.8 Å². The van der Waals surface area contributed by atoms with Crippen molar-refractivity contribution in [3.63, 3.8) is 0 Å². The Bertz CT molecular complexity index is 709. The normalized spacial score (nSPS) is 17.0. The van der Waals surface area contributed by atoms with E-state index in [9.17, 15) is 14.4 Å². The average Bonchev–Trinajstić information content (AvgIpc) is 2.68. The van der Waals surface area contributed by atoms with Crippen molar-refractivity contribution in [2.75, 3.05) is 18.4 Å². The topological polar surface area (TPSA) is 106 Å². The van der Waals surface area contributed by atoms with Gasteiger partial charge in [0.15, 0.2) is 6.04 Å². The second-order valence-corrected chi connectivity index (χ2v) is 8.51. The fourth-order valence-corrected chi connectivity index (χ4v) is 3.57. The fraction of sp³-hybridized carbons (Fsp3) is 0.591. The van der Waals surface area contributed by atoms with Gasteiger partial charge in [-0.05, 0) is 44.7 Å². The van der Waals surface area contributed by atoms with Crippen LogP contribution in [0.25, 0.3) is 0 Å². The first-order valence-electron chi connectivity index (χ1n) is 10.5. The zero-order chi connectivity index (χ0) is 21.6. The Hall–Kier alpha value is -2.41. The zero-order valence-corrected chi connectivity index (χ0v) is 18.0. The molecule has 1 heterocycles. The van der Waals surface area contributed by atoms with Gasteiger partial charge in [-0.25, -0.2) is 0 Å². The summed E-state index contributed by atoms with van der Waals surface area (Å²) in [5, 5.41) is 5.62. The van der Waals surface area contributed by atoms with Crippen molar-refractivity contribution in [3.8, 4) is 0 Å². The maximum atomic E-state index is 12.6. The predicted molar refractivity (Wildman–Crippen MR) is 113 cm³/mol. The minimum atomic E-state index is -0.626. The van der Waals surface area contributed by atoms with Gasteiger partial charge in [0.1, 0.15) is 6.04 Å². The molecule has 1 aliphatic rings. The summed E-state index contributed by atoms with van der Waals surface area (Å²) in [7, 11) is 0. The van der Waals surface area contributed by atoms with Crippen molar-refractivity contribution in [1.29, 1.82) is 0 Å². The number of rotatable bonds is 7. The first-order chi connectivity index (χ1) is 13.7. The molecule has 0 spiro atoms. The number of piperidine rings is 1. The van der Waals surface area contributed by atoms with Crippen molar-refractivity contribution in [1.82, 2.24) is 10.2 Å². The van der Waals surface area contributed by atoms with Gasteiger partial charge in [-0.15, -0.1) is 0 Å². The van der Waals surface area contributed by atoms with E-state index < -0.39 is 6.04 Å². The first kappa shape index (κ1) is 22.9. The standard InChI is InChI=1S/C22H34N4O3/c1-14(2)13-19(23)22(29)26-11-9-17(10-12-26)21(28)24-16(4)20(27)25-18-7-5-15(3)6-8-18/h5-8,14,16-17,19H,9-13,23H2,1-4H3,(H,24,28)(H,25,27)/p+1/t16-,19-/m0/s1. The molecule has 1 aliphatic heterocycles. The molecule has 7 heteroatoms. The van der Waals surface area contributed by atoms with Crippen molar-refractivity contribution >= 4 is 23.4 Å². The number of hydrogen-bond acceptors (Lipinski definition) is 3. The highest BCUT2D eigenvalue weighted by molar-refractivity contribution is 5.97. The maximum absolute atomic E-state index is 12.6. The Morgan fingerprint density at radius 3 is 2.24 bits per heavy atom. The highest BCUT2D eigenvalue weighted by atomic mass is 16.2. The monoisotopic (exact) mass is 403 g/mol. The Kier molecular flexibility index (Phi) is 8.20. The van der Waals surface area contributed by atoms with E-state index in [-0.39, 0.29) is 29.7 Å². The Morgan fingerprint density at radius 1 is 1.10 bits per heavy atom. The van der Waals surface area contributed by atoms with Gasteiger partial charge >= 0.3 is 0 Å². The second kappa shape index (κ2) is 10.4. The molecular weight excluding hydrogens is 368 g/mol. The maximum Gasteiger partial charge on any atom is 0.280 e. The van der Waals surface area contributed by atoms with E-state index in [1.54, 1.807) is 6.92 Å². The van der Waals surface area contributed by atoms with Crippen LogP contribution >= 0.6 is 0 Å². The number of benzene rings is 1. The molecule has 1 aromatic rings. The number of likely N-dealkylation sites (tertiary alicyclic amines) is 1. The number of amides is 3. The minimum absolute atomic E-state index is 0.0726. The molecule has 5 N–H and O–H groups in total. The third kappa shape index (κ3) is 6.85. The molecule has 0 radical (unpaired) electrons. The van der Waals surface area contributed by atoms with Gasteiger partial charge in [-0.2, -0.15) is 0 Å². The number of aryl methyl sites for hydroxylation is 1. The summed E-state index contributed by atoms with van der Waals surface area (Å²) in [6.07, 6.45) is 1.99. The molecule has 2 rings (SSSR count). The molecule has 1 fully saturated rings. The molecule has 0 bridgehead atoms. The van der Waals surface area contributed by atoms with Crippen LogP contribution in [-0.4, -0.2) is 47.8 Å². The van der Waals surface area contributed by atoms with Gasteiger partial charge in [0, 0.05) is 31.1 Å². The number of hydrogen-bond donors (Lipinski definition) is 3. The highest BCUT2D eigenvalue weighted by Crippen LogP contribution is 2.19. The second-order valence-electron chi connectivity index (χ2n) is 8.51. The Labute approximate surface area is 173 Å². The number of quaternary nitrogens is 1. The van der Waals surface area contributed by atoms with Crippen molar-refractivity contribution < 1.29 is 20.1 Å². The highest BCUT2D eigenvalue weighted by Gasteiger charge is 2.32. The number of nitrogens with one attached hydrogen (secondary N) is 2. The number of carbonyl (C=O) groups excluding carboxylic acids is 3. The van der Waals surface area contributed by atoms with Crippen LogP contribution in [0.4, 0.5) is 5.69 Å². The van der Waals surface area contributed by atoms with E-state index in [2.05, 4.69) is 30.2 Å². The average molecular weight is 404 g/mol. The van der Waals surface area contributed by atoms with Crippen LogP contribution in [0.5, 0.6) is 0 Å². The Morgan fingerprint density at radius 2 is 1.69 bits per heavy atom. The molecule has 2 atom stereocenters. The van der Waals surface area contributed by atoms with Gasteiger partial charge < -0.3 is 21.3 Å². The summed E-state index contributed by atoms with van der Waals surface area (Å²) in [6, 6.07) is 6.66. The summed E-state index contributed by atoms with van der Waals surface area (Å²) < 4.78 is 0. The van der Waals surface area contributed by atoms with Gasteiger partial charge in [0.05, 0.1) is 0 Å². The summed E-state index contributed by atoms with van der Waals surface area (Å²) >= 11 is 0. The third-order valence-electron chi connectivity index (χ3n) is 5.35. The summed E-state index contributed by atoms with van der Waals surface area (Å²) in [5.41, 5.74) is 5.81. The van der Waals surface area contributed by atoms with Crippen LogP contribution in [-0.2, 0) is 14.4 Å². The lowest BCUT2D eigenvalue weighted by molar-refractivity contribution is -0.408. The van der Waals surface area contributed by atoms with Gasteiger partial charge in [0.25, 0.3) is 5.91 Å². The van der Waals surface area contributed by atoms with Gasteiger partial charge in [-0.1, -0.05) is 31.5 Å². The smallest absolute Gasteiger partial charge is 0.280 e. The lowest BCUT2D eigenvalue weighted by Gasteiger charge is -2.32. The SMILES string of the molecule is Cc1ccc(NC(=O)[C@H](C)NC(=O)C2CCN(C(=O)[C@@H]([NH3+])CC(C)C)CC2)cc1. The van der Waals surface area contributed by atoms with Crippen molar-refractivity contribution in [3.05, 3.63) is 29.8 Å².